The molecular formula is C13H12ClF4NO2. The number of alkyl halides is 3. The van der Waals surface area contributed by atoms with Crippen molar-refractivity contribution in [1.29, 1.82) is 0 Å². The van der Waals surface area contributed by atoms with E-state index in [0.717, 1.165) is 6.07 Å². The number of carboxylic acids is 1. The van der Waals surface area contributed by atoms with Crippen molar-refractivity contribution in [3.05, 3.63) is 34.6 Å². The lowest BCUT2D eigenvalue weighted by Crippen LogP contribution is -2.33. The summed E-state index contributed by atoms with van der Waals surface area (Å²) >= 11 is 5.60. The summed E-state index contributed by atoms with van der Waals surface area (Å²) in [5.41, 5.74) is 0.186. The Morgan fingerprint density at radius 1 is 1.38 bits per heavy atom. The summed E-state index contributed by atoms with van der Waals surface area (Å²) in [5, 5.41) is 9.09. The van der Waals surface area contributed by atoms with E-state index in [1.807, 2.05) is 0 Å². The summed E-state index contributed by atoms with van der Waals surface area (Å²) < 4.78 is 52.1. The third-order valence-electron chi connectivity index (χ3n) is 3.54. The van der Waals surface area contributed by atoms with E-state index < -0.39 is 36.3 Å². The first-order valence-electron chi connectivity index (χ1n) is 6.14. The van der Waals surface area contributed by atoms with E-state index in [9.17, 15) is 22.4 Å². The molecule has 0 unspecified atom stereocenters. The minimum atomic E-state index is -4.59. The second-order valence-electron chi connectivity index (χ2n) is 5.02. The van der Waals surface area contributed by atoms with Crippen LogP contribution in [0.25, 0.3) is 0 Å². The van der Waals surface area contributed by atoms with Crippen LogP contribution in [0.2, 0.25) is 5.02 Å². The number of aliphatic carboxylic acids is 1. The van der Waals surface area contributed by atoms with Crippen molar-refractivity contribution in [1.82, 2.24) is 4.90 Å². The lowest BCUT2D eigenvalue weighted by molar-refractivity contribution is -0.188. The summed E-state index contributed by atoms with van der Waals surface area (Å²) in [4.78, 5) is 12.2. The van der Waals surface area contributed by atoms with Gasteiger partial charge in [-0.25, -0.2) is 4.39 Å². The molecule has 1 fully saturated rings. The Morgan fingerprint density at radius 2 is 2.05 bits per heavy atom. The quantitative estimate of drug-likeness (QED) is 0.868. The summed E-state index contributed by atoms with van der Waals surface area (Å²) in [5.74, 6) is -5.58. The predicted octanol–water partition coefficient (Wildman–Crippen LogP) is 3.17. The number of nitrogens with zero attached hydrogens (tertiary/aromatic N) is 1. The molecule has 0 aliphatic carbocycles. The highest BCUT2D eigenvalue weighted by molar-refractivity contribution is 6.30. The van der Waals surface area contributed by atoms with Gasteiger partial charge in [0.05, 0.1) is 11.8 Å². The Kier molecular flexibility index (Phi) is 4.43. The zero-order valence-corrected chi connectivity index (χ0v) is 11.5. The van der Waals surface area contributed by atoms with Crippen LogP contribution in [0.1, 0.15) is 5.56 Å². The van der Waals surface area contributed by atoms with Gasteiger partial charge < -0.3 is 5.11 Å². The van der Waals surface area contributed by atoms with Crippen LogP contribution in [0.3, 0.4) is 0 Å². The van der Waals surface area contributed by atoms with Gasteiger partial charge in [0.1, 0.15) is 5.82 Å². The summed E-state index contributed by atoms with van der Waals surface area (Å²) in [6, 6.07) is 3.89. The Balaban J connectivity index is 2.14. The maximum atomic E-state index is 13.6. The lowest BCUT2D eigenvalue weighted by atomic mass is 9.96. The Hall–Kier alpha value is -1.34. The number of benzene rings is 1. The zero-order valence-electron chi connectivity index (χ0n) is 10.7. The molecule has 3 nitrogen and oxygen atoms in total. The summed E-state index contributed by atoms with van der Waals surface area (Å²) in [7, 11) is 0. The Morgan fingerprint density at radius 3 is 2.52 bits per heavy atom. The van der Waals surface area contributed by atoms with Gasteiger partial charge in [-0.3, -0.25) is 9.69 Å². The third kappa shape index (κ3) is 3.65. The van der Waals surface area contributed by atoms with Gasteiger partial charge in [0, 0.05) is 30.2 Å². The monoisotopic (exact) mass is 325 g/mol. The van der Waals surface area contributed by atoms with E-state index in [4.69, 9.17) is 16.7 Å². The molecule has 1 aromatic rings. The van der Waals surface area contributed by atoms with Crippen LogP contribution >= 0.6 is 11.6 Å². The van der Waals surface area contributed by atoms with Crippen LogP contribution in [-0.2, 0) is 11.3 Å². The minimum Gasteiger partial charge on any atom is -0.481 e. The molecule has 116 valence electrons. The fraction of sp³-hybridized carbons (Fsp3) is 0.462. The smallest absolute Gasteiger partial charge is 0.393 e. The van der Waals surface area contributed by atoms with Crippen LogP contribution in [0.5, 0.6) is 0 Å². The first-order chi connectivity index (χ1) is 9.68. The Labute approximate surface area is 123 Å². The number of likely N-dealkylation sites (tertiary alicyclic amines) is 1. The van der Waals surface area contributed by atoms with Crippen molar-refractivity contribution in [2.24, 2.45) is 11.8 Å². The SMILES string of the molecule is O=C(O)[C@@H]1CN(Cc2ccc(Cl)cc2F)C[C@H]1C(F)(F)F. The third-order valence-corrected chi connectivity index (χ3v) is 3.78. The van der Waals surface area contributed by atoms with Gasteiger partial charge in [0.2, 0.25) is 0 Å². The van der Waals surface area contributed by atoms with E-state index in [2.05, 4.69) is 0 Å². The molecule has 1 N–H and O–H groups in total. The average Bonchev–Trinajstić information content (AvgIpc) is 2.77. The predicted molar refractivity (Wildman–Crippen MR) is 67.4 cm³/mol. The first-order valence-corrected chi connectivity index (χ1v) is 6.52. The van der Waals surface area contributed by atoms with Gasteiger partial charge in [0.25, 0.3) is 0 Å². The molecule has 1 heterocycles. The molecule has 1 aliphatic rings. The first kappa shape index (κ1) is 16.0. The van der Waals surface area contributed by atoms with Crippen molar-refractivity contribution < 1.29 is 27.5 Å². The fourth-order valence-corrected chi connectivity index (χ4v) is 2.65. The molecule has 0 spiro atoms. The molecule has 1 aromatic carbocycles. The number of carboxylic acid groups (broad SMARTS) is 1. The van der Waals surface area contributed by atoms with Crippen molar-refractivity contribution in [2.45, 2.75) is 12.7 Å². The normalized spacial score (nSPS) is 23.5. The van der Waals surface area contributed by atoms with E-state index in [-0.39, 0.29) is 23.7 Å². The highest BCUT2D eigenvalue weighted by Crippen LogP contribution is 2.38. The molecule has 21 heavy (non-hydrogen) atoms. The molecule has 0 bridgehead atoms. The van der Waals surface area contributed by atoms with Gasteiger partial charge in [-0.05, 0) is 12.1 Å². The summed E-state index contributed by atoms with van der Waals surface area (Å²) in [6.45, 7) is -0.802. The number of halogens is 5. The largest absolute Gasteiger partial charge is 0.481 e. The fourth-order valence-electron chi connectivity index (χ4n) is 2.49. The van der Waals surface area contributed by atoms with Crippen LogP contribution in [-0.4, -0.2) is 35.2 Å². The lowest BCUT2D eigenvalue weighted by Gasteiger charge is -2.18. The standard InChI is InChI=1S/C13H12ClF4NO2/c14-8-2-1-7(11(15)3-8)4-19-5-9(12(20)21)10(6-19)13(16,17)18/h1-3,9-10H,4-6H2,(H,20,21)/t9-,10-/m1/s1. The van der Waals surface area contributed by atoms with Crippen LogP contribution in [0.4, 0.5) is 17.6 Å². The van der Waals surface area contributed by atoms with Gasteiger partial charge in [0.15, 0.2) is 0 Å². The van der Waals surface area contributed by atoms with E-state index >= 15 is 0 Å². The second kappa shape index (κ2) is 5.81. The Bertz CT molecular complexity index is 549. The molecule has 0 saturated carbocycles. The van der Waals surface area contributed by atoms with Crippen molar-refractivity contribution >= 4 is 17.6 Å². The van der Waals surface area contributed by atoms with Gasteiger partial charge in [-0.15, -0.1) is 0 Å². The number of hydrogen-bond donors (Lipinski definition) is 1. The van der Waals surface area contributed by atoms with Crippen LogP contribution in [0, 0.1) is 17.7 Å². The molecular weight excluding hydrogens is 314 g/mol. The van der Waals surface area contributed by atoms with Gasteiger partial charge in [-0.1, -0.05) is 17.7 Å². The van der Waals surface area contributed by atoms with Gasteiger partial charge >= 0.3 is 12.1 Å². The van der Waals surface area contributed by atoms with E-state index in [1.165, 1.54) is 17.0 Å². The average molecular weight is 326 g/mol. The topological polar surface area (TPSA) is 40.5 Å². The molecule has 2 rings (SSSR count). The molecule has 0 aromatic heterocycles. The van der Waals surface area contributed by atoms with E-state index in [1.54, 1.807) is 0 Å². The summed E-state index contributed by atoms with van der Waals surface area (Å²) in [6.07, 6.45) is -4.59. The molecule has 1 aliphatic heterocycles. The van der Waals surface area contributed by atoms with E-state index in [0.29, 0.717) is 0 Å². The minimum absolute atomic E-state index is 0.0840. The molecule has 1 saturated heterocycles. The number of rotatable bonds is 3. The van der Waals surface area contributed by atoms with Gasteiger partial charge in [-0.2, -0.15) is 13.2 Å². The van der Waals surface area contributed by atoms with Crippen molar-refractivity contribution in [3.8, 4) is 0 Å². The highest BCUT2D eigenvalue weighted by atomic mass is 35.5. The van der Waals surface area contributed by atoms with Crippen molar-refractivity contribution in [3.63, 3.8) is 0 Å². The molecule has 2 atom stereocenters. The van der Waals surface area contributed by atoms with Crippen LogP contribution in [0.15, 0.2) is 18.2 Å². The zero-order chi connectivity index (χ0) is 15.8. The van der Waals surface area contributed by atoms with Crippen LogP contribution < -0.4 is 0 Å². The maximum Gasteiger partial charge on any atom is 0.393 e. The molecule has 0 radical (unpaired) electrons. The maximum absolute atomic E-state index is 13.6. The highest BCUT2D eigenvalue weighted by Gasteiger charge is 2.52. The number of carbonyl (C=O) groups is 1. The molecule has 8 heteroatoms. The van der Waals surface area contributed by atoms with Crippen molar-refractivity contribution in [2.75, 3.05) is 13.1 Å². The molecule has 0 amide bonds. The number of hydrogen-bond acceptors (Lipinski definition) is 2. The second-order valence-corrected chi connectivity index (χ2v) is 5.46.